The second-order valence-corrected chi connectivity index (χ2v) is 4.60. The standard InChI is InChI=1S/C13H18N2O/c1-9(2)14-11-5-6-12-10(8-11)4-7-13(16)15(12)3/h5-6,8-9,14H,4,7H2,1-3H3. The molecular weight excluding hydrogens is 200 g/mol. The van der Waals surface area contributed by atoms with Crippen LogP contribution in [-0.2, 0) is 11.2 Å². The third-order valence-corrected chi connectivity index (χ3v) is 2.88. The highest BCUT2D eigenvalue weighted by Gasteiger charge is 2.20. The predicted molar refractivity (Wildman–Crippen MR) is 66.9 cm³/mol. The molecule has 0 fully saturated rings. The molecule has 1 aliphatic rings. The van der Waals surface area contributed by atoms with Gasteiger partial charge in [0.1, 0.15) is 0 Å². The number of rotatable bonds is 2. The van der Waals surface area contributed by atoms with Gasteiger partial charge in [-0.2, -0.15) is 0 Å². The van der Waals surface area contributed by atoms with Crippen molar-refractivity contribution in [3.63, 3.8) is 0 Å². The minimum atomic E-state index is 0.206. The Morgan fingerprint density at radius 3 is 2.75 bits per heavy atom. The van der Waals surface area contributed by atoms with Crippen LogP contribution >= 0.6 is 0 Å². The molecular formula is C13H18N2O. The molecule has 1 heterocycles. The van der Waals surface area contributed by atoms with Crippen LogP contribution in [0.15, 0.2) is 18.2 Å². The molecule has 0 bridgehead atoms. The van der Waals surface area contributed by atoms with E-state index in [0.717, 1.165) is 17.8 Å². The number of nitrogens with zero attached hydrogens (tertiary/aromatic N) is 1. The summed E-state index contributed by atoms with van der Waals surface area (Å²) >= 11 is 0. The Kier molecular flexibility index (Phi) is 2.86. The smallest absolute Gasteiger partial charge is 0.227 e. The van der Waals surface area contributed by atoms with Gasteiger partial charge in [0, 0.05) is 30.9 Å². The molecule has 0 saturated heterocycles. The number of carbonyl (C=O) groups is 1. The Labute approximate surface area is 96.5 Å². The van der Waals surface area contributed by atoms with Crippen molar-refractivity contribution in [1.29, 1.82) is 0 Å². The van der Waals surface area contributed by atoms with Crippen molar-refractivity contribution in [1.82, 2.24) is 0 Å². The van der Waals surface area contributed by atoms with Crippen molar-refractivity contribution in [3.05, 3.63) is 23.8 Å². The molecule has 0 aromatic heterocycles. The molecule has 3 heteroatoms. The minimum Gasteiger partial charge on any atom is -0.383 e. The maximum Gasteiger partial charge on any atom is 0.227 e. The van der Waals surface area contributed by atoms with Gasteiger partial charge in [-0.1, -0.05) is 0 Å². The molecule has 1 N–H and O–H groups in total. The molecule has 0 radical (unpaired) electrons. The van der Waals surface area contributed by atoms with Gasteiger partial charge >= 0.3 is 0 Å². The molecule has 0 aliphatic carbocycles. The van der Waals surface area contributed by atoms with Crippen molar-refractivity contribution in [2.24, 2.45) is 0 Å². The number of nitrogens with one attached hydrogen (secondary N) is 1. The number of carbonyl (C=O) groups excluding carboxylic acids is 1. The summed E-state index contributed by atoms with van der Waals surface area (Å²) < 4.78 is 0. The topological polar surface area (TPSA) is 32.3 Å². The first-order valence-corrected chi connectivity index (χ1v) is 5.74. The molecule has 3 nitrogen and oxygen atoms in total. The minimum absolute atomic E-state index is 0.206. The lowest BCUT2D eigenvalue weighted by atomic mass is 10.0. The molecule has 0 atom stereocenters. The summed E-state index contributed by atoms with van der Waals surface area (Å²) in [5.74, 6) is 0.206. The summed E-state index contributed by atoms with van der Waals surface area (Å²) in [6.45, 7) is 4.24. The van der Waals surface area contributed by atoms with Crippen molar-refractivity contribution in [2.75, 3.05) is 17.3 Å². The van der Waals surface area contributed by atoms with Crippen LogP contribution in [0, 0.1) is 0 Å². The number of aryl methyl sites for hydroxylation is 1. The third kappa shape index (κ3) is 2.03. The van der Waals surface area contributed by atoms with Gasteiger partial charge in [0.25, 0.3) is 0 Å². The molecule has 0 saturated carbocycles. The summed E-state index contributed by atoms with van der Waals surface area (Å²) in [6.07, 6.45) is 1.47. The van der Waals surface area contributed by atoms with E-state index in [1.807, 2.05) is 19.2 Å². The molecule has 2 rings (SSSR count). The third-order valence-electron chi connectivity index (χ3n) is 2.88. The van der Waals surface area contributed by atoms with Crippen molar-refractivity contribution in [2.45, 2.75) is 32.7 Å². The van der Waals surface area contributed by atoms with Gasteiger partial charge in [0.05, 0.1) is 0 Å². The molecule has 1 amide bonds. The second kappa shape index (κ2) is 4.16. The van der Waals surface area contributed by atoms with E-state index in [1.165, 1.54) is 5.56 Å². The molecule has 16 heavy (non-hydrogen) atoms. The molecule has 1 aliphatic heterocycles. The Balaban J connectivity index is 2.30. The summed E-state index contributed by atoms with van der Waals surface area (Å²) in [6, 6.07) is 6.64. The zero-order valence-electron chi connectivity index (χ0n) is 10.1. The fraction of sp³-hybridized carbons (Fsp3) is 0.462. The van der Waals surface area contributed by atoms with Crippen molar-refractivity contribution < 1.29 is 4.79 Å². The van der Waals surface area contributed by atoms with Crippen molar-refractivity contribution in [3.8, 4) is 0 Å². The Bertz CT molecular complexity index is 412. The predicted octanol–water partition coefficient (Wildman–Crippen LogP) is 2.42. The van der Waals surface area contributed by atoms with E-state index in [0.29, 0.717) is 12.5 Å². The summed E-state index contributed by atoms with van der Waals surface area (Å²) in [7, 11) is 1.84. The monoisotopic (exact) mass is 218 g/mol. The number of hydrogen-bond acceptors (Lipinski definition) is 2. The fourth-order valence-electron chi connectivity index (χ4n) is 2.08. The SMILES string of the molecule is CC(C)Nc1ccc2c(c1)CCC(=O)N2C. The molecule has 1 aromatic carbocycles. The highest BCUT2D eigenvalue weighted by atomic mass is 16.2. The van der Waals surface area contributed by atoms with Crippen LogP contribution in [0.1, 0.15) is 25.8 Å². The van der Waals surface area contributed by atoms with Crippen molar-refractivity contribution >= 4 is 17.3 Å². The normalized spacial score (nSPS) is 15.2. The molecule has 1 aromatic rings. The molecule has 86 valence electrons. The van der Waals surface area contributed by atoms with E-state index in [4.69, 9.17) is 0 Å². The number of benzene rings is 1. The van der Waals surface area contributed by atoms with Crippen LogP contribution in [0.4, 0.5) is 11.4 Å². The Hall–Kier alpha value is -1.51. The lowest BCUT2D eigenvalue weighted by Gasteiger charge is -2.26. The Morgan fingerprint density at radius 2 is 2.06 bits per heavy atom. The maximum absolute atomic E-state index is 11.5. The fourth-order valence-corrected chi connectivity index (χ4v) is 2.08. The average molecular weight is 218 g/mol. The average Bonchev–Trinajstić information content (AvgIpc) is 2.23. The van der Waals surface area contributed by atoms with Gasteiger partial charge in [0.15, 0.2) is 0 Å². The zero-order chi connectivity index (χ0) is 11.7. The van der Waals surface area contributed by atoms with Gasteiger partial charge < -0.3 is 10.2 Å². The largest absolute Gasteiger partial charge is 0.383 e. The van der Waals surface area contributed by atoms with Crippen LogP contribution in [-0.4, -0.2) is 19.0 Å². The van der Waals surface area contributed by atoms with Gasteiger partial charge in [-0.05, 0) is 44.0 Å². The lowest BCUT2D eigenvalue weighted by molar-refractivity contribution is -0.118. The van der Waals surface area contributed by atoms with Crippen LogP contribution in [0.25, 0.3) is 0 Å². The van der Waals surface area contributed by atoms with E-state index in [-0.39, 0.29) is 5.91 Å². The van der Waals surface area contributed by atoms with E-state index in [9.17, 15) is 4.79 Å². The number of hydrogen-bond donors (Lipinski definition) is 1. The summed E-state index contributed by atoms with van der Waals surface area (Å²) in [4.78, 5) is 13.3. The first-order valence-electron chi connectivity index (χ1n) is 5.74. The lowest BCUT2D eigenvalue weighted by Crippen LogP contribution is -2.31. The number of amides is 1. The van der Waals surface area contributed by atoms with Gasteiger partial charge in [-0.25, -0.2) is 0 Å². The zero-order valence-corrected chi connectivity index (χ0v) is 10.1. The summed E-state index contributed by atoms with van der Waals surface area (Å²) in [5, 5.41) is 3.38. The van der Waals surface area contributed by atoms with E-state index in [2.05, 4.69) is 25.2 Å². The molecule has 0 spiro atoms. The first-order chi connectivity index (χ1) is 7.58. The van der Waals surface area contributed by atoms with Crippen LogP contribution in [0.5, 0.6) is 0 Å². The van der Waals surface area contributed by atoms with E-state index < -0.39 is 0 Å². The molecule has 0 unspecified atom stereocenters. The van der Waals surface area contributed by atoms with Gasteiger partial charge in [0.2, 0.25) is 5.91 Å². The number of anilines is 2. The van der Waals surface area contributed by atoms with Crippen LogP contribution in [0.3, 0.4) is 0 Å². The number of fused-ring (bicyclic) bond motifs is 1. The van der Waals surface area contributed by atoms with Gasteiger partial charge in [-0.3, -0.25) is 4.79 Å². The summed E-state index contributed by atoms with van der Waals surface area (Å²) in [5.41, 5.74) is 3.44. The second-order valence-electron chi connectivity index (χ2n) is 4.60. The Morgan fingerprint density at radius 1 is 1.31 bits per heavy atom. The quantitative estimate of drug-likeness (QED) is 0.826. The van der Waals surface area contributed by atoms with Crippen LogP contribution < -0.4 is 10.2 Å². The first kappa shape index (κ1) is 11.0. The highest BCUT2D eigenvalue weighted by molar-refractivity contribution is 5.96. The van der Waals surface area contributed by atoms with Crippen LogP contribution in [0.2, 0.25) is 0 Å². The maximum atomic E-state index is 11.5. The van der Waals surface area contributed by atoms with E-state index >= 15 is 0 Å². The van der Waals surface area contributed by atoms with Gasteiger partial charge in [-0.15, -0.1) is 0 Å². The highest BCUT2D eigenvalue weighted by Crippen LogP contribution is 2.29. The van der Waals surface area contributed by atoms with E-state index in [1.54, 1.807) is 4.90 Å².